The second-order valence-corrected chi connectivity index (χ2v) is 9.87. The van der Waals surface area contributed by atoms with Gasteiger partial charge in [0.25, 0.3) is 11.8 Å². The number of oxime groups is 1. The van der Waals surface area contributed by atoms with Gasteiger partial charge in [0.15, 0.2) is 10.8 Å². The summed E-state index contributed by atoms with van der Waals surface area (Å²) in [6.07, 6.45) is -1.25. The number of nitrogen functional groups attached to an aromatic ring is 1. The van der Waals surface area contributed by atoms with E-state index in [1.807, 2.05) is 0 Å². The Bertz CT molecular complexity index is 1150. The molecule has 3 atom stereocenters. The first-order valence-corrected chi connectivity index (χ1v) is 13.1. The number of hydrogen-bond acceptors (Lipinski definition) is 13. The fourth-order valence-corrected chi connectivity index (χ4v) is 5.20. The van der Waals surface area contributed by atoms with E-state index in [0.29, 0.717) is 11.3 Å². The number of carbonyl (C=O) groups is 4. The van der Waals surface area contributed by atoms with Crippen molar-refractivity contribution in [2.45, 2.75) is 51.5 Å². The van der Waals surface area contributed by atoms with Crippen LogP contribution in [0.25, 0.3) is 0 Å². The van der Waals surface area contributed by atoms with Crippen LogP contribution in [0.5, 0.6) is 0 Å². The molecule has 37 heavy (non-hydrogen) atoms. The monoisotopic (exact) mass is 553 g/mol. The van der Waals surface area contributed by atoms with Gasteiger partial charge in [-0.1, -0.05) is 17.8 Å². The molecule has 0 saturated carbocycles. The predicted molar refractivity (Wildman–Crippen MR) is 135 cm³/mol. The Balaban J connectivity index is 1.72. The van der Waals surface area contributed by atoms with Gasteiger partial charge in [0, 0.05) is 18.1 Å². The predicted octanol–water partition coefficient (Wildman–Crippen LogP) is 1.76. The van der Waals surface area contributed by atoms with Crippen molar-refractivity contribution in [3.8, 4) is 0 Å². The summed E-state index contributed by atoms with van der Waals surface area (Å²) >= 11 is 2.45. The van der Waals surface area contributed by atoms with E-state index < -0.39 is 47.7 Å². The lowest BCUT2D eigenvalue weighted by Crippen LogP contribution is -2.71. The average Bonchev–Trinajstić information content (AvgIpc) is 3.26. The Morgan fingerprint density at radius 1 is 1.32 bits per heavy atom. The number of thiazole rings is 1. The van der Waals surface area contributed by atoms with Gasteiger partial charge in [-0.3, -0.25) is 14.5 Å². The summed E-state index contributed by atoms with van der Waals surface area (Å²) in [6.45, 7) is 10.2. The molecule has 3 heterocycles. The number of amides is 2. The van der Waals surface area contributed by atoms with Crippen LogP contribution in [0.15, 0.2) is 34.5 Å². The Morgan fingerprint density at radius 3 is 2.65 bits per heavy atom. The smallest absolute Gasteiger partial charge is 0.431 e. The molecule has 1 saturated heterocycles. The zero-order valence-corrected chi connectivity index (χ0v) is 22.2. The minimum Gasteiger partial charge on any atom is -0.431 e. The number of β-lactam (4-membered cyclic amide) rings is 1. The van der Waals surface area contributed by atoms with Crippen LogP contribution in [0.3, 0.4) is 0 Å². The van der Waals surface area contributed by atoms with Crippen LogP contribution in [0.2, 0.25) is 0 Å². The van der Waals surface area contributed by atoms with Crippen LogP contribution in [-0.4, -0.2) is 75.7 Å². The Kier molecular flexibility index (Phi) is 9.15. The second kappa shape index (κ2) is 12.1. The second-order valence-electron chi connectivity index (χ2n) is 7.87. The lowest BCUT2D eigenvalue weighted by molar-refractivity contribution is -0.169. The van der Waals surface area contributed by atoms with Gasteiger partial charge in [-0.2, -0.15) is 0 Å². The molecule has 0 spiro atoms. The van der Waals surface area contributed by atoms with Crippen LogP contribution in [0, 0.1) is 0 Å². The van der Waals surface area contributed by atoms with Crippen molar-refractivity contribution in [1.82, 2.24) is 15.2 Å². The molecule has 3 rings (SSSR count). The summed E-state index contributed by atoms with van der Waals surface area (Å²) in [5, 5.41) is 7.64. The maximum Gasteiger partial charge on any atom is 0.511 e. The number of nitrogens with zero attached hydrogens (tertiary/aromatic N) is 3. The Morgan fingerprint density at radius 2 is 2.05 bits per heavy atom. The van der Waals surface area contributed by atoms with E-state index in [9.17, 15) is 19.2 Å². The van der Waals surface area contributed by atoms with Crippen molar-refractivity contribution in [3.05, 3.63) is 35.0 Å². The number of rotatable bonds is 10. The zero-order valence-electron chi connectivity index (χ0n) is 20.6. The van der Waals surface area contributed by atoms with Gasteiger partial charge in [-0.25, -0.2) is 14.6 Å². The van der Waals surface area contributed by atoms with Crippen molar-refractivity contribution in [1.29, 1.82) is 0 Å². The molecule has 15 heteroatoms. The van der Waals surface area contributed by atoms with Gasteiger partial charge < -0.3 is 30.1 Å². The van der Waals surface area contributed by atoms with Crippen molar-refractivity contribution >= 4 is 57.9 Å². The third-order valence-corrected chi connectivity index (χ3v) is 6.83. The molecule has 13 nitrogen and oxygen atoms in total. The van der Waals surface area contributed by atoms with E-state index in [1.54, 1.807) is 26.2 Å². The highest BCUT2D eigenvalue weighted by atomic mass is 32.2. The van der Waals surface area contributed by atoms with Gasteiger partial charge >= 0.3 is 12.1 Å². The minimum absolute atomic E-state index is 0.0441. The minimum atomic E-state index is -1.28. The summed E-state index contributed by atoms with van der Waals surface area (Å²) in [6, 6.07) is -0.954. The SMILES string of the molecule is C=CC1=C(C(=O)OC(C)OC(=O)OC(C)C)N2C(=O)C(NC(=O)C(=NOCC)c3csc(N)n3)[C@H]2SC1. The van der Waals surface area contributed by atoms with E-state index in [-0.39, 0.29) is 28.8 Å². The van der Waals surface area contributed by atoms with E-state index in [1.165, 1.54) is 29.7 Å². The normalized spacial score (nSPS) is 20.0. The first-order chi connectivity index (χ1) is 17.6. The summed E-state index contributed by atoms with van der Waals surface area (Å²) in [5.41, 5.74) is 6.15. The molecule has 0 bridgehead atoms. The molecule has 0 radical (unpaired) electrons. The van der Waals surface area contributed by atoms with Gasteiger partial charge in [-0.05, 0) is 26.3 Å². The van der Waals surface area contributed by atoms with Crippen LogP contribution < -0.4 is 11.1 Å². The highest BCUT2D eigenvalue weighted by molar-refractivity contribution is 8.00. The number of aromatic nitrogens is 1. The van der Waals surface area contributed by atoms with Crippen LogP contribution >= 0.6 is 23.1 Å². The lowest BCUT2D eigenvalue weighted by atomic mass is 10.0. The number of thioether (sulfide) groups is 1. The molecule has 2 unspecified atom stereocenters. The molecular formula is C22H27N5O8S2. The average molecular weight is 554 g/mol. The largest absolute Gasteiger partial charge is 0.511 e. The number of fused-ring (bicyclic) bond motifs is 1. The number of nitrogens with one attached hydrogen (secondary N) is 1. The summed E-state index contributed by atoms with van der Waals surface area (Å²) < 4.78 is 15.0. The van der Waals surface area contributed by atoms with E-state index in [0.717, 1.165) is 11.3 Å². The highest BCUT2D eigenvalue weighted by Gasteiger charge is 2.54. The summed E-state index contributed by atoms with van der Waals surface area (Å²) in [4.78, 5) is 61.0. The van der Waals surface area contributed by atoms with Crippen molar-refractivity contribution in [3.63, 3.8) is 0 Å². The Labute approximate surface area is 221 Å². The van der Waals surface area contributed by atoms with Crippen LogP contribution in [0.1, 0.15) is 33.4 Å². The first kappa shape index (κ1) is 28.0. The van der Waals surface area contributed by atoms with E-state index in [4.69, 9.17) is 24.8 Å². The molecule has 0 aliphatic carbocycles. The molecule has 3 N–H and O–H groups in total. The standard InChI is InChI=1S/C22H27N5O8S2/c1-6-12-8-36-19-15(25-17(28)14(26-32-7-2)13-9-37-21(23)24-13)18(29)27(19)16(12)20(30)34-11(5)35-22(31)33-10(3)4/h6,9-11,15,19H,1,7-8H2,2-5H3,(H2,23,24)(H,25,28)/t11?,15?,19-/m1/s1. The third kappa shape index (κ3) is 6.40. The molecule has 2 amide bonds. The molecule has 1 aromatic rings. The van der Waals surface area contributed by atoms with E-state index in [2.05, 4.69) is 22.0 Å². The van der Waals surface area contributed by atoms with E-state index >= 15 is 0 Å². The van der Waals surface area contributed by atoms with Crippen LogP contribution in [0.4, 0.5) is 9.93 Å². The summed E-state index contributed by atoms with van der Waals surface area (Å²) in [7, 11) is 0. The molecule has 1 aromatic heterocycles. The topological polar surface area (TPSA) is 172 Å². The van der Waals surface area contributed by atoms with Crippen molar-refractivity contribution in [2.75, 3.05) is 18.1 Å². The molecule has 0 aromatic carbocycles. The number of ether oxygens (including phenoxy) is 3. The maximum absolute atomic E-state index is 13.1. The zero-order chi connectivity index (χ0) is 27.3. The van der Waals surface area contributed by atoms with Gasteiger partial charge in [0.1, 0.15) is 29.4 Å². The number of esters is 1. The maximum atomic E-state index is 13.1. The highest BCUT2D eigenvalue weighted by Crippen LogP contribution is 2.41. The molecule has 2 aliphatic heterocycles. The lowest BCUT2D eigenvalue weighted by Gasteiger charge is -2.49. The van der Waals surface area contributed by atoms with Gasteiger partial charge in [0.2, 0.25) is 6.29 Å². The fourth-order valence-electron chi connectivity index (χ4n) is 3.31. The number of nitrogens with two attached hydrogens (primary N) is 1. The number of allylic oxidation sites excluding steroid dienone is 1. The Hall–Kier alpha value is -3.59. The number of hydrogen-bond donors (Lipinski definition) is 2. The quantitative estimate of drug-likeness (QED) is 0.142. The molecular weight excluding hydrogens is 526 g/mol. The fraction of sp³-hybridized carbons (Fsp3) is 0.455. The van der Waals surface area contributed by atoms with Crippen LogP contribution in [-0.2, 0) is 33.4 Å². The molecule has 1 fully saturated rings. The van der Waals surface area contributed by atoms with Gasteiger partial charge in [-0.15, -0.1) is 23.1 Å². The van der Waals surface area contributed by atoms with Crippen molar-refractivity contribution < 1.29 is 38.2 Å². The summed E-state index contributed by atoms with van der Waals surface area (Å²) in [5.74, 6) is -1.80. The molecule has 2 aliphatic rings. The van der Waals surface area contributed by atoms with Gasteiger partial charge in [0.05, 0.1) is 6.10 Å². The number of carbonyl (C=O) groups excluding carboxylic acids is 4. The third-order valence-electron chi connectivity index (χ3n) is 4.86. The van der Waals surface area contributed by atoms with Crippen molar-refractivity contribution in [2.24, 2.45) is 5.16 Å². The first-order valence-electron chi connectivity index (χ1n) is 11.2. The molecule has 200 valence electrons. The number of anilines is 1.